The Morgan fingerprint density at radius 1 is 0.448 bits per heavy atom. The van der Waals surface area contributed by atoms with Gasteiger partial charge >= 0.3 is 11.9 Å². The van der Waals surface area contributed by atoms with E-state index in [2.05, 4.69) is 13.8 Å². The zero-order valence-electron chi connectivity index (χ0n) is 19.5. The molecule has 0 aromatic carbocycles. The highest BCUT2D eigenvalue weighted by atomic mass is 16.5. The van der Waals surface area contributed by atoms with Gasteiger partial charge in [0.05, 0.1) is 13.2 Å². The van der Waals surface area contributed by atoms with Gasteiger partial charge in [-0.15, -0.1) is 0 Å². The van der Waals surface area contributed by atoms with Crippen molar-refractivity contribution in [1.29, 1.82) is 0 Å². The number of hydrogen-bond donors (Lipinski definition) is 0. The van der Waals surface area contributed by atoms with Crippen LogP contribution in [0.2, 0.25) is 0 Å². The summed E-state index contributed by atoms with van der Waals surface area (Å²) in [5, 5.41) is 0. The van der Waals surface area contributed by atoms with Crippen LogP contribution >= 0.6 is 0 Å². The molecule has 172 valence electrons. The number of rotatable bonds is 22. The molecule has 0 unspecified atom stereocenters. The zero-order valence-corrected chi connectivity index (χ0v) is 19.5. The summed E-state index contributed by atoms with van der Waals surface area (Å²) < 4.78 is 10.5. The minimum Gasteiger partial charge on any atom is -0.466 e. The van der Waals surface area contributed by atoms with Gasteiger partial charge in [-0.05, 0) is 19.3 Å². The van der Waals surface area contributed by atoms with E-state index < -0.39 is 0 Å². The van der Waals surface area contributed by atoms with Crippen molar-refractivity contribution < 1.29 is 19.1 Å². The molecule has 0 spiro atoms. The number of hydrogen-bond acceptors (Lipinski definition) is 4. The molecule has 0 saturated heterocycles. The molecule has 0 saturated carbocycles. The summed E-state index contributed by atoms with van der Waals surface area (Å²) in [4.78, 5) is 23.4. The Morgan fingerprint density at radius 3 is 1.10 bits per heavy atom. The van der Waals surface area contributed by atoms with Crippen LogP contribution in [-0.2, 0) is 19.1 Å². The Kier molecular flexibility index (Phi) is 22.4. The molecular weight excluding hydrogens is 364 g/mol. The Balaban J connectivity index is 3.30. The zero-order chi connectivity index (χ0) is 21.4. The lowest BCUT2D eigenvalue weighted by atomic mass is 10.1. The first-order valence-electron chi connectivity index (χ1n) is 12.5. The Morgan fingerprint density at radius 2 is 0.759 bits per heavy atom. The van der Waals surface area contributed by atoms with Gasteiger partial charge in [-0.1, -0.05) is 104 Å². The normalized spacial score (nSPS) is 10.8. The van der Waals surface area contributed by atoms with Gasteiger partial charge < -0.3 is 9.47 Å². The second kappa shape index (κ2) is 23.2. The van der Waals surface area contributed by atoms with Gasteiger partial charge in [-0.3, -0.25) is 9.59 Å². The molecule has 0 bridgehead atoms. The van der Waals surface area contributed by atoms with E-state index in [4.69, 9.17) is 9.47 Å². The summed E-state index contributed by atoms with van der Waals surface area (Å²) in [5.41, 5.74) is 0. The molecule has 4 heteroatoms. The van der Waals surface area contributed by atoms with Crippen LogP contribution in [0.25, 0.3) is 0 Å². The van der Waals surface area contributed by atoms with Crippen LogP contribution in [0.1, 0.15) is 136 Å². The summed E-state index contributed by atoms with van der Waals surface area (Å²) in [7, 11) is 0. The molecule has 0 aliphatic heterocycles. The molecule has 0 N–H and O–H groups in total. The smallest absolute Gasteiger partial charge is 0.305 e. The molecule has 0 fully saturated rings. The number of ether oxygens (including phenoxy) is 2. The Hall–Kier alpha value is -1.06. The van der Waals surface area contributed by atoms with E-state index in [1.807, 2.05) is 0 Å². The molecule has 0 atom stereocenters. The number of carbonyl (C=O) groups excluding carboxylic acids is 2. The third-order valence-corrected chi connectivity index (χ3v) is 5.28. The lowest BCUT2D eigenvalue weighted by Gasteiger charge is -2.06. The fraction of sp³-hybridized carbons (Fsp3) is 0.920. The second-order valence-corrected chi connectivity index (χ2v) is 8.24. The van der Waals surface area contributed by atoms with Gasteiger partial charge in [0.15, 0.2) is 0 Å². The van der Waals surface area contributed by atoms with E-state index in [-0.39, 0.29) is 11.9 Å². The quantitative estimate of drug-likeness (QED) is 0.136. The third-order valence-electron chi connectivity index (χ3n) is 5.28. The Labute approximate surface area is 180 Å². The maximum Gasteiger partial charge on any atom is 0.305 e. The molecule has 0 amide bonds. The van der Waals surface area contributed by atoms with Crippen molar-refractivity contribution in [2.75, 3.05) is 13.2 Å². The minimum atomic E-state index is -0.192. The fourth-order valence-corrected chi connectivity index (χ4v) is 3.37. The van der Waals surface area contributed by atoms with E-state index in [0.29, 0.717) is 32.5 Å². The van der Waals surface area contributed by atoms with Crippen LogP contribution < -0.4 is 0 Å². The van der Waals surface area contributed by atoms with Crippen LogP contribution in [-0.4, -0.2) is 25.2 Å². The third kappa shape index (κ3) is 23.1. The van der Waals surface area contributed by atoms with Crippen molar-refractivity contribution in [1.82, 2.24) is 0 Å². The van der Waals surface area contributed by atoms with E-state index in [0.717, 1.165) is 25.7 Å². The first-order valence-corrected chi connectivity index (χ1v) is 12.5. The average molecular weight is 413 g/mol. The van der Waals surface area contributed by atoms with E-state index in [1.54, 1.807) is 0 Å². The predicted molar refractivity (Wildman–Crippen MR) is 121 cm³/mol. The predicted octanol–water partition coefficient (Wildman–Crippen LogP) is 7.52. The lowest BCUT2D eigenvalue weighted by Crippen LogP contribution is -2.09. The van der Waals surface area contributed by atoms with Gasteiger partial charge in [-0.25, -0.2) is 0 Å². The molecule has 0 aromatic heterocycles. The molecule has 0 heterocycles. The molecule has 0 aromatic rings. The molecule has 29 heavy (non-hydrogen) atoms. The summed E-state index contributed by atoms with van der Waals surface area (Å²) >= 11 is 0. The molecule has 0 radical (unpaired) electrons. The molecular formula is C25H48O4. The monoisotopic (exact) mass is 412 g/mol. The van der Waals surface area contributed by atoms with Crippen molar-refractivity contribution in [2.24, 2.45) is 0 Å². The maximum atomic E-state index is 11.7. The summed E-state index contributed by atoms with van der Waals surface area (Å²) in [6.45, 7) is 5.48. The average Bonchev–Trinajstić information content (AvgIpc) is 2.71. The number of carbonyl (C=O) groups is 2. The van der Waals surface area contributed by atoms with Gasteiger partial charge in [0, 0.05) is 12.8 Å². The highest BCUT2D eigenvalue weighted by Crippen LogP contribution is 2.10. The Bertz CT molecular complexity index is 368. The maximum absolute atomic E-state index is 11.7. The van der Waals surface area contributed by atoms with Crippen molar-refractivity contribution in [2.45, 2.75) is 136 Å². The molecule has 0 aliphatic rings. The molecule has 4 nitrogen and oxygen atoms in total. The van der Waals surface area contributed by atoms with Crippen molar-refractivity contribution in [3.8, 4) is 0 Å². The lowest BCUT2D eigenvalue weighted by molar-refractivity contribution is -0.145. The fourth-order valence-electron chi connectivity index (χ4n) is 3.37. The van der Waals surface area contributed by atoms with Crippen LogP contribution in [0, 0.1) is 0 Å². The number of unbranched alkanes of at least 4 members (excludes halogenated alkanes) is 14. The first-order chi connectivity index (χ1) is 14.2. The van der Waals surface area contributed by atoms with Crippen molar-refractivity contribution in [3.05, 3.63) is 0 Å². The molecule has 0 rings (SSSR count). The summed E-state index contributed by atoms with van der Waals surface area (Å²) in [6, 6.07) is 0. The number of esters is 2. The second-order valence-electron chi connectivity index (χ2n) is 8.24. The van der Waals surface area contributed by atoms with Gasteiger partial charge in [0.1, 0.15) is 0 Å². The first kappa shape index (κ1) is 27.9. The van der Waals surface area contributed by atoms with Crippen molar-refractivity contribution >= 4 is 11.9 Å². The van der Waals surface area contributed by atoms with Crippen LogP contribution in [0.4, 0.5) is 0 Å². The van der Waals surface area contributed by atoms with E-state index in [1.165, 1.54) is 77.0 Å². The van der Waals surface area contributed by atoms with Crippen LogP contribution in [0.5, 0.6) is 0 Å². The highest BCUT2D eigenvalue weighted by Gasteiger charge is 2.07. The van der Waals surface area contributed by atoms with Gasteiger partial charge in [0.25, 0.3) is 0 Å². The van der Waals surface area contributed by atoms with Gasteiger partial charge in [0.2, 0.25) is 0 Å². The summed E-state index contributed by atoms with van der Waals surface area (Å²) in [6.07, 6.45) is 20.9. The summed E-state index contributed by atoms with van der Waals surface area (Å²) in [5.74, 6) is -0.382. The van der Waals surface area contributed by atoms with Gasteiger partial charge in [-0.2, -0.15) is 0 Å². The van der Waals surface area contributed by atoms with E-state index in [9.17, 15) is 9.59 Å². The van der Waals surface area contributed by atoms with Crippen LogP contribution in [0.3, 0.4) is 0 Å². The van der Waals surface area contributed by atoms with Crippen molar-refractivity contribution in [3.63, 3.8) is 0 Å². The van der Waals surface area contributed by atoms with Crippen LogP contribution in [0.15, 0.2) is 0 Å². The van der Waals surface area contributed by atoms with E-state index >= 15 is 0 Å². The standard InChI is InChI=1S/C25H48O4/c1-3-5-7-9-11-12-14-16-18-23-29-25(27)21-19-20-24(26)28-22-17-15-13-10-8-6-4-2/h3-23H2,1-2H3. The molecule has 0 aliphatic carbocycles. The SMILES string of the molecule is CCCCCCCCCCCOC(=O)CCCC(=O)OCCCCCCCCC. The minimum absolute atomic E-state index is 0.190. The largest absolute Gasteiger partial charge is 0.466 e. The highest BCUT2D eigenvalue weighted by molar-refractivity contribution is 5.72. The topological polar surface area (TPSA) is 52.6 Å².